The molecule has 2 heterocycles. The van der Waals surface area contributed by atoms with Gasteiger partial charge in [-0.15, -0.1) is 0 Å². The van der Waals surface area contributed by atoms with Crippen LogP contribution in [0.4, 0.5) is 10.3 Å². The van der Waals surface area contributed by atoms with Crippen molar-refractivity contribution in [2.75, 3.05) is 5.73 Å². The van der Waals surface area contributed by atoms with Crippen molar-refractivity contribution < 1.29 is 4.39 Å². The molecule has 0 atom stereocenters. The molecule has 0 saturated heterocycles. The Bertz CT molecular complexity index is 1180. The Labute approximate surface area is 168 Å². The SMILES string of the molecule is Nc1nc(-c2ccc(F)cc2Cl)c2ccnc(-c3c(Cl)cccc3Cl)c2n1. The van der Waals surface area contributed by atoms with Crippen LogP contribution in [-0.2, 0) is 0 Å². The third kappa shape index (κ3) is 3.18. The highest BCUT2D eigenvalue weighted by atomic mass is 35.5. The van der Waals surface area contributed by atoms with Crippen molar-refractivity contribution in [3.63, 3.8) is 0 Å². The van der Waals surface area contributed by atoms with Crippen LogP contribution in [0, 0.1) is 5.82 Å². The first-order chi connectivity index (χ1) is 13.0. The molecule has 4 aromatic rings. The summed E-state index contributed by atoms with van der Waals surface area (Å²) in [6, 6.07) is 11.0. The van der Waals surface area contributed by atoms with Crippen LogP contribution in [0.1, 0.15) is 0 Å². The van der Waals surface area contributed by atoms with Gasteiger partial charge in [-0.25, -0.2) is 14.4 Å². The maximum atomic E-state index is 13.4. The Morgan fingerprint density at radius 2 is 1.59 bits per heavy atom. The number of nitrogens with two attached hydrogens (primary N) is 1. The number of hydrogen-bond acceptors (Lipinski definition) is 4. The van der Waals surface area contributed by atoms with E-state index in [1.807, 2.05) is 0 Å². The van der Waals surface area contributed by atoms with E-state index in [0.717, 1.165) is 0 Å². The second kappa shape index (κ2) is 6.93. The van der Waals surface area contributed by atoms with E-state index in [9.17, 15) is 4.39 Å². The minimum atomic E-state index is -0.444. The van der Waals surface area contributed by atoms with Crippen LogP contribution in [0.25, 0.3) is 33.4 Å². The minimum Gasteiger partial charge on any atom is -0.368 e. The number of hydrogen-bond donors (Lipinski definition) is 1. The van der Waals surface area contributed by atoms with Crippen molar-refractivity contribution in [3.05, 3.63) is 69.5 Å². The number of anilines is 1. The van der Waals surface area contributed by atoms with E-state index >= 15 is 0 Å². The number of halogens is 4. The first-order valence-corrected chi connectivity index (χ1v) is 8.91. The van der Waals surface area contributed by atoms with Gasteiger partial charge in [-0.1, -0.05) is 40.9 Å². The number of aromatic nitrogens is 3. The summed E-state index contributed by atoms with van der Waals surface area (Å²) in [7, 11) is 0. The molecule has 0 amide bonds. The summed E-state index contributed by atoms with van der Waals surface area (Å²) in [5.41, 5.74) is 8.41. The second-order valence-electron chi connectivity index (χ2n) is 5.71. The molecule has 0 radical (unpaired) electrons. The smallest absolute Gasteiger partial charge is 0.221 e. The third-order valence-electron chi connectivity index (χ3n) is 4.02. The van der Waals surface area contributed by atoms with Gasteiger partial charge in [0.15, 0.2) is 0 Å². The first-order valence-electron chi connectivity index (χ1n) is 7.77. The third-order valence-corrected chi connectivity index (χ3v) is 4.96. The van der Waals surface area contributed by atoms with E-state index in [4.69, 9.17) is 40.5 Å². The summed E-state index contributed by atoms with van der Waals surface area (Å²) >= 11 is 18.9. The topological polar surface area (TPSA) is 64.7 Å². The molecule has 2 aromatic heterocycles. The fourth-order valence-electron chi connectivity index (χ4n) is 2.87. The molecule has 27 heavy (non-hydrogen) atoms. The summed E-state index contributed by atoms with van der Waals surface area (Å²) in [4.78, 5) is 13.0. The Balaban J connectivity index is 2.08. The summed E-state index contributed by atoms with van der Waals surface area (Å²) in [5, 5.41) is 1.71. The largest absolute Gasteiger partial charge is 0.368 e. The summed E-state index contributed by atoms with van der Waals surface area (Å²) in [6.07, 6.45) is 1.60. The van der Waals surface area contributed by atoms with E-state index in [0.29, 0.717) is 43.5 Å². The summed E-state index contributed by atoms with van der Waals surface area (Å²) in [6.45, 7) is 0. The molecule has 0 bridgehead atoms. The Morgan fingerprint density at radius 1 is 0.852 bits per heavy atom. The van der Waals surface area contributed by atoms with Crippen molar-refractivity contribution in [1.29, 1.82) is 0 Å². The van der Waals surface area contributed by atoms with E-state index in [2.05, 4.69) is 15.0 Å². The maximum Gasteiger partial charge on any atom is 0.221 e. The highest BCUT2D eigenvalue weighted by molar-refractivity contribution is 6.39. The van der Waals surface area contributed by atoms with Crippen molar-refractivity contribution >= 4 is 51.7 Å². The Hall–Kier alpha value is -2.47. The van der Waals surface area contributed by atoms with E-state index in [-0.39, 0.29) is 11.0 Å². The molecule has 0 aliphatic heterocycles. The molecular weight excluding hydrogens is 410 g/mol. The number of pyridine rings is 1. The molecule has 4 nitrogen and oxygen atoms in total. The molecule has 0 saturated carbocycles. The molecule has 0 fully saturated rings. The molecule has 2 aromatic carbocycles. The van der Waals surface area contributed by atoms with Gasteiger partial charge in [0.25, 0.3) is 0 Å². The predicted molar refractivity (Wildman–Crippen MR) is 108 cm³/mol. The van der Waals surface area contributed by atoms with E-state index < -0.39 is 5.82 Å². The highest BCUT2D eigenvalue weighted by Crippen LogP contribution is 2.39. The van der Waals surface area contributed by atoms with Gasteiger partial charge in [-0.3, -0.25) is 4.98 Å². The lowest BCUT2D eigenvalue weighted by molar-refractivity contribution is 0.628. The lowest BCUT2D eigenvalue weighted by Gasteiger charge is -2.12. The maximum absolute atomic E-state index is 13.4. The fraction of sp³-hybridized carbons (Fsp3) is 0. The van der Waals surface area contributed by atoms with E-state index in [1.54, 1.807) is 36.5 Å². The van der Waals surface area contributed by atoms with Gasteiger partial charge in [0.1, 0.15) is 11.3 Å². The molecule has 8 heteroatoms. The molecule has 0 aliphatic rings. The molecule has 134 valence electrons. The van der Waals surface area contributed by atoms with Gasteiger partial charge in [0.2, 0.25) is 5.95 Å². The van der Waals surface area contributed by atoms with Crippen LogP contribution in [0.15, 0.2) is 48.7 Å². The van der Waals surface area contributed by atoms with Crippen molar-refractivity contribution in [1.82, 2.24) is 15.0 Å². The van der Waals surface area contributed by atoms with Crippen LogP contribution in [0.3, 0.4) is 0 Å². The molecule has 0 unspecified atom stereocenters. The van der Waals surface area contributed by atoms with Gasteiger partial charge in [-0.2, -0.15) is 0 Å². The Morgan fingerprint density at radius 3 is 2.30 bits per heavy atom. The van der Waals surface area contributed by atoms with Crippen LogP contribution < -0.4 is 5.73 Å². The quantitative estimate of drug-likeness (QED) is 0.430. The molecule has 2 N–H and O–H groups in total. The zero-order chi connectivity index (χ0) is 19.1. The van der Waals surface area contributed by atoms with E-state index in [1.165, 1.54) is 12.1 Å². The lowest BCUT2D eigenvalue weighted by atomic mass is 10.0. The summed E-state index contributed by atoms with van der Waals surface area (Å²) < 4.78 is 13.4. The number of benzene rings is 2. The number of nitrogen functional groups attached to an aromatic ring is 1. The molecular formula is C19H10Cl3FN4. The van der Waals surface area contributed by atoms with Gasteiger partial charge >= 0.3 is 0 Å². The number of nitrogens with zero attached hydrogens (tertiary/aromatic N) is 3. The van der Waals surface area contributed by atoms with Gasteiger partial charge in [-0.05, 0) is 36.4 Å². The normalized spacial score (nSPS) is 11.1. The molecule has 0 aliphatic carbocycles. The molecule has 4 rings (SSSR count). The average molecular weight is 420 g/mol. The van der Waals surface area contributed by atoms with Crippen LogP contribution >= 0.6 is 34.8 Å². The van der Waals surface area contributed by atoms with Gasteiger partial charge in [0, 0.05) is 22.7 Å². The van der Waals surface area contributed by atoms with Gasteiger partial charge < -0.3 is 5.73 Å². The van der Waals surface area contributed by atoms with Gasteiger partial charge in [0.05, 0.1) is 26.5 Å². The zero-order valence-electron chi connectivity index (χ0n) is 13.5. The minimum absolute atomic E-state index is 0.0234. The van der Waals surface area contributed by atoms with Crippen molar-refractivity contribution in [2.24, 2.45) is 0 Å². The lowest BCUT2D eigenvalue weighted by Crippen LogP contribution is -2.01. The van der Waals surface area contributed by atoms with Crippen molar-refractivity contribution in [3.8, 4) is 22.5 Å². The number of fused-ring (bicyclic) bond motifs is 1. The van der Waals surface area contributed by atoms with Crippen LogP contribution in [-0.4, -0.2) is 15.0 Å². The van der Waals surface area contributed by atoms with Crippen molar-refractivity contribution in [2.45, 2.75) is 0 Å². The van der Waals surface area contributed by atoms with Crippen LogP contribution in [0.5, 0.6) is 0 Å². The molecule has 0 spiro atoms. The standard InChI is InChI=1S/C19H10Cl3FN4/c20-12-2-1-3-13(21)15(12)18-17-11(6-7-25-18)16(26-19(24)27-17)10-5-4-9(23)8-14(10)22/h1-8H,(H2,24,26,27). The first kappa shape index (κ1) is 17.9. The second-order valence-corrected chi connectivity index (χ2v) is 6.93. The summed E-state index contributed by atoms with van der Waals surface area (Å²) in [5.74, 6) is -0.421. The fourth-order valence-corrected chi connectivity index (χ4v) is 3.70. The highest BCUT2D eigenvalue weighted by Gasteiger charge is 2.18. The Kier molecular flexibility index (Phi) is 4.60. The zero-order valence-corrected chi connectivity index (χ0v) is 15.8. The van der Waals surface area contributed by atoms with Crippen LogP contribution in [0.2, 0.25) is 15.1 Å². The number of rotatable bonds is 2. The predicted octanol–water partition coefficient (Wildman–Crippen LogP) is 6.04. The monoisotopic (exact) mass is 418 g/mol. The average Bonchev–Trinajstić information content (AvgIpc) is 2.61.